The third-order valence-electron chi connectivity index (χ3n) is 1.58. The molecule has 0 amide bonds. The van der Waals surface area contributed by atoms with Crippen molar-refractivity contribution in [3.63, 3.8) is 0 Å². The van der Waals surface area contributed by atoms with E-state index in [-0.39, 0.29) is 5.82 Å². The maximum Gasteiger partial charge on any atom is 0.123 e. The monoisotopic (exact) mass is 163 g/mol. The molecule has 0 unspecified atom stereocenters. The quantitative estimate of drug-likeness (QED) is 0.665. The van der Waals surface area contributed by atoms with Gasteiger partial charge in [-0.15, -0.1) is 0 Å². The van der Waals surface area contributed by atoms with E-state index in [4.69, 9.17) is 5.73 Å². The Morgan fingerprint density at radius 3 is 2.33 bits per heavy atom. The predicted octanol–water partition coefficient (Wildman–Crippen LogP) is 2.31. The number of benzene rings is 1. The average Bonchev–Trinajstić information content (AvgIpc) is 2.10. The molecule has 0 saturated carbocycles. The molecule has 0 bridgehead atoms. The van der Waals surface area contributed by atoms with Gasteiger partial charge in [0.2, 0.25) is 0 Å². The fourth-order valence-corrected chi connectivity index (χ4v) is 0.924. The molecule has 0 aliphatic carbocycles. The third kappa shape index (κ3) is 1.72. The van der Waals surface area contributed by atoms with Crippen LogP contribution in [0.1, 0.15) is 5.56 Å². The molecule has 1 nitrogen and oxygen atoms in total. The smallest absolute Gasteiger partial charge is 0.123 e. The zero-order chi connectivity index (χ0) is 8.97. The first-order valence-corrected chi connectivity index (χ1v) is 3.58. The van der Waals surface area contributed by atoms with Gasteiger partial charge < -0.3 is 5.73 Å². The normalized spacial score (nSPS) is 11.2. The number of rotatable bonds is 2. The molecular formula is C10H10FN. The molecule has 0 aliphatic heterocycles. The molecule has 0 saturated heterocycles. The van der Waals surface area contributed by atoms with Gasteiger partial charge in [-0.05, 0) is 23.3 Å². The number of halogens is 1. The van der Waals surface area contributed by atoms with Crippen molar-refractivity contribution in [2.75, 3.05) is 0 Å². The summed E-state index contributed by atoms with van der Waals surface area (Å²) in [4.78, 5) is 0. The van der Waals surface area contributed by atoms with Crippen molar-refractivity contribution >= 4 is 5.57 Å². The maximum absolute atomic E-state index is 12.5. The zero-order valence-corrected chi connectivity index (χ0v) is 6.63. The molecule has 1 aromatic carbocycles. The Bertz CT molecular complexity index is 298. The van der Waals surface area contributed by atoms with Crippen molar-refractivity contribution in [1.82, 2.24) is 0 Å². The van der Waals surface area contributed by atoms with Gasteiger partial charge in [-0.1, -0.05) is 24.8 Å². The Balaban J connectivity index is 3.04. The Kier molecular flexibility index (Phi) is 2.64. The predicted molar refractivity (Wildman–Crippen MR) is 48.8 cm³/mol. The van der Waals surface area contributed by atoms with Crippen LogP contribution in [-0.4, -0.2) is 0 Å². The van der Waals surface area contributed by atoms with Crippen molar-refractivity contribution in [3.8, 4) is 0 Å². The van der Waals surface area contributed by atoms with Gasteiger partial charge in [-0.25, -0.2) is 4.39 Å². The minimum atomic E-state index is -0.251. The van der Waals surface area contributed by atoms with Crippen LogP contribution in [0.4, 0.5) is 4.39 Å². The van der Waals surface area contributed by atoms with E-state index in [1.165, 1.54) is 18.3 Å². The standard InChI is InChI=1S/C10H10FN/c1-2-8(7-12)9-3-5-10(11)6-4-9/h2-7H,1,12H2/b8-7+. The van der Waals surface area contributed by atoms with Crippen LogP contribution in [0, 0.1) is 5.82 Å². The van der Waals surface area contributed by atoms with E-state index in [0.717, 1.165) is 11.1 Å². The van der Waals surface area contributed by atoms with Crippen molar-refractivity contribution < 1.29 is 4.39 Å². The second-order valence-electron chi connectivity index (χ2n) is 2.33. The summed E-state index contributed by atoms with van der Waals surface area (Å²) in [5.74, 6) is -0.251. The molecule has 1 aromatic rings. The highest BCUT2D eigenvalue weighted by Crippen LogP contribution is 2.14. The molecule has 0 spiro atoms. The first-order chi connectivity index (χ1) is 5.77. The first-order valence-electron chi connectivity index (χ1n) is 3.58. The molecule has 0 fully saturated rings. The number of allylic oxidation sites excluding steroid dienone is 2. The molecule has 0 atom stereocenters. The second kappa shape index (κ2) is 3.72. The lowest BCUT2D eigenvalue weighted by Crippen LogP contribution is -1.86. The van der Waals surface area contributed by atoms with Gasteiger partial charge in [0.15, 0.2) is 0 Å². The Morgan fingerprint density at radius 1 is 1.33 bits per heavy atom. The van der Waals surface area contributed by atoms with E-state index in [0.29, 0.717) is 0 Å². The van der Waals surface area contributed by atoms with Crippen LogP contribution in [-0.2, 0) is 0 Å². The minimum Gasteiger partial charge on any atom is -0.404 e. The number of hydrogen-bond donors (Lipinski definition) is 1. The lowest BCUT2D eigenvalue weighted by Gasteiger charge is -1.99. The highest BCUT2D eigenvalue weighted by atomic mass is 19.1. The lowest BCUT2D eigenvalue weighted by atomic mass is 10.1. The molecule has 0 aromatic heterocycles. The van der Waals surface area contributed by atoms with Crippen molar-refractivity contribution in [1.29, 1.82) is 0 Å². The van der Waals surface area contributed by atoms with Crippen LogP contribution in [0.15, 0.2) is 43.1 Å². The largest absolute Gasteiger partial charge is 0.404 e. The average molecular weight is 163 g/mol. The second-order valence-corrected chi connectivity index (χ2v) is 2.33. The first kappa shape index (κ1) is 8.53. The third-order valence-corrected chi connectivity index (χ3v) is 1.58. The van der Waals surface area contributed by atoms with Gasteiger partial charge in [0.25, 0.3) is 0 Å². The Hall–Kier alpha value is -1.57. The highest BCUT2D eigenvalue weighted by Gasteiger charge is 1.95. The van der Waals surface area contributed by atoms with Crippen molar-refractivity contribution in [2.24, 2.45) is 5.73 Å². The van der Waals surface area contributed by atoms with E-state index in [2.05, 4.69) is 6.58 Å². The molecule has 1 rings (SSSR count). The topological polar surface area (TPSA) is 26.0 Å². The highest BCUT2D eigenvalue weighted by molar-refractivity contribution is 5.72. The van der Waals surface area contributed by atoms with Crippen molar-refractivity contribution in [3.05, 3.63) is 54.5 Å². The van der Waals surface area contributed by atoms with E-state index in [9.17, 15) is 4.39 Å². The maximum atomic E-state index is 12.5. The summed E-state index contributed by atoms with van der Waals surface area (Å²) in [5, 5.41) is 0. The van der Waals surface area contributed by atoms with Gasteiger partial charge in [-0.3, -0.25) is 0 Å². The van der Waals surface area contributed by atoms with Gasteiger partial charge in [0.05, 0.1) is 0 Å². The summed E-state index contributed by atoms with van der Waals surface area (Å²) in [6.07, 6.45) is 3.08. The lowest BCUT2D eigenvalue weighted by molar-refractivity contribution is 0.627. The number of nitrogens with two attached hydrogens (primary N) is 1. The molecule has 0 radical (unpaired) electrons. The summed E-state index contributed by atoms with van der Waals surface area (Å²) < 4.78 is 12.5. The fourth-order valence-electron chi connectivity index (χ4n) is 0.924. The SMILES string of the molecule is C=C/C(=C\N)c1ccc(F)cc1. The van der Waals surface area contributed by atoms with Crippen LogP contribution in [0.3, 0.4) is 0 Å². The van der Waals surface area contributed by atoms with Crippen LogP contribution in [0.2, 0.25) is 0 Å². The van der Waals surface area contributed by atoms with Crippen molar-refractivity contribution in [2.45, 2.75) is 0 Å². The summed E-state index contributed by atoms with van der Waals surface area (Å²) >= 11 is 0. The van der Waals surface area contributed by atoms with Gasteiger partial charge in [0.1, 0.15) is 5.82 Å². The molecular weight excluding hydrogens is 153 g/mol. The molecule has 12 heavy (non-hydrogen) atoms. The van der Waals surface area contributed by atoms with Crippen LogP contribution in [0.25, 0.3) is 5.57 Å². The molecule has 0 heterocycles. The summed E-state index contributed by atoms with van der Waals surface area (Å²) in [7, 11) is 0. The summed E-state index contributed by atoms with van der Waals surface area (Å²) in [6, 6.07) is 6.11. The van der Waals surface area contributed by atoms with Gasteiger partial charge in [0, 0.05) is 6.20 Å². The van der Waals surface area contributed by atoms with E-state index in [1.54, 1.807) is 18.2 Å². The molecule has 0 aliphatic rings. The molecule has 2 N–H and O–H groups in total. The van der Waals surface area contributed by atoms with E-state index in [1.807, 2.05) is 0 Å². The van der Waals surface area contributed by atoms with Crippen LogP contribution >= 0.6 is 0 Å². The van der Waals surface area contributed by atoms with Gasteiger partial charge >= 0.3 is 0 Å². The fraction of sp³-hybridized carbons (Fsp3) is 0. The summed E-state index contributed by atoms with van der Waals surface area (Å²) in [6.45, 7) is 3.59. The van der Waals surface area contributed by atoms with Crippen LogP contribution in [0.5, 0.6) is 0 Å². The summed E-state index contributed by atoms with van der Waals surface area (Å²) in [5.41, 5.74) is 7.00. The number of hydrogen-bond acceptors (Lipinski definition) is 1. The van der Waals surface area contributed by atoms with Gasteiger partial charge in [-0.2, -0.15) is 0 Å². The van der Waals surface area contributed by atoms with E-state index < -0.39 is 0 Å². The molecule has 62 valence electrons. The minimum absolute atomic E-state index is 0.251. The Morgan fingerprint density at radius 2 is 1.92 bits per heavy atom. The molecule has 2 heteroatoms. The zero-order valence-electron chi connectivity index (χ0n) is 6.63. The Labute approximate surface area is 71.0 Å². The van der Waals surface area contributed by atoms with Crippen LogP contribution < -0.4 is 5.73 Å². The van der Waals surface area contributed by atoms with E-state index >= 15 is 0 Å².